The van der Waals surface area contributed by atoms with E-state index >= 15 is 0 Å². The Morgan fingerprint density at radius 3 is 1.97 bits per heavy atom. The molecule has 1 nitrogen and oxygen atoms in total. The number of halogens is 4. The van der Waals surface area contributed by atoms with Crippen LogP contribution in [0.25, 0.3) is 10.8 Å². The van der Waals surface area contributed by atoms with Crippen molar-refractivity contribution in [2.45, 2.75) is 26.2 Å². The van der Waals surface area contributed by atoms with Gasteiger partial charge in [-0.15, -0.1) is 0 Å². The van der Waals surface area contributed by atoms with Crippen LogP contribution in [-0.2, 0) is 12.8 Å². The number of aryl methyl sites for hydroxylation is 2. The molecule has 34 heavy (non-hydrogen) atoms. The zero-order valence-corrected chi connectivity index (χ0v) is 18.6. The van der Waals surface area contributed by atoms with Gasteiger partial charge >= 0.3 is 0 Å². The second kappa shape index (κ2) is 10.4. The van der Waals surface area contributed by atoms with Gasteiger partial charge in [0.15, 0.2) is 11.6 Å². The Kier molecular flexibility index (Phi) is 7.18. The first-order valence-corrected chi connectivity index (χ1v) is 11.0. The van der Waals surface area contributed by atoms with Crippen LogP contribution in [0.3, 0.4) is 0 Å². The number of rotatable bonds is 6. The maximum absolute atomic E-state index is 14.6. The smallest absolute Gasteiger partial charge is 0.159 e. The maximum Gasteiger partial charge on any atom is 0.159 e. The fourth-order valence-corrected chi connectivity index (χ4v) is 3.60. The Labute approximate surface area is 196 Å². The zero-order chi connectivity index (χ0) is 24.1. The monoisotopic (exact) mass is 462 g/mol. The second-order valence-electron chi connectivity index (χ2n) is 8.01. The van der Waals surface area contributed by atoms with Crippen LogP contribution in [0.1, 0.15) is 35.6 Å². The summed E-state index contributed by atoms with van der Waals surface area (Å²) in [5.74, 6) is 2.66. The summed E-state index contributed by atoms with van der Waals surface area (Å²) in [5, 5.41) is 0.959. The Balaban J connectivity index is 1.47. The van der Waals surface area contributed by atoms with Gasteiger partial charge in [0.25, 0.3) is 0 Å². The first-order valence-electron chi connectivity index (χ1n) is 11.0. The number of hydrogen-bond acceptors (Lipinski definition) is 1. The van der Waals surface area contributed by atoms with Gasteiger partial charge in [-0.25, -0.2) is 17.6 Å². The minimum atomic E-state index is -0.967. The molecule has 0 radical (unpaired) electrons. The Morgan fingerprint density at radius 1 is 0.647 bits per heavy atom. The topological polar surface area (TPSA) is 9.23 Å². The van der Waals surface area contributed by atoms with Crippen molar-refractivity contribution in [1.82, 2.24) is 0 Å². The summed E-state index contributed by atoms with van der Waals surface area (Å²) in [6.07, 6.45) is 2.04. The van der Waals surface area contributed by atoms with Crippen molar-refractivity contribution < 1.29 is 22.3 Å². The molecule has 172 valence electrons. The van der Waals surface area contributed by atoms with Gasteiger partial charge in [-0.1, -0.05) is 37.0 Å². The normalized spacial score (nSPS) is 10.7. The van der Waals surface area contributed by atoms with E-state index < -0.39 is 23.3 Å². The highest BCUT2D eigenvalue weighted by molar-refractivity contribution is 5.84. The molecule has 0 bridgehead atoms. The molecule has 0 unspecified atom stereocenters. The van der Waals surface area contributed by atoms with Crippen molar-refractivity contribution >= 4 is 10.8 Å². The van der Waals surface area contributed by atoms with Crippen LogP contribution in [-0.4, -0.2) is 6.61 Å². The summed E-state index contributed by atoms with van der Waals surface area (Å²) in [6, 6.07) is 17.2. The summed E-state index contributed by atoms with van der Waals surface area (Å²) >= 11 is 0. The quantitative estimate of drug-likeness (QED) is 0.215. The molecule has 0 saturated heterocycles. The number of hydrogen-bond donors (Lipinski definition) is 0. The van der Waals surface area contributed by atoms with Gasteiger partial charge in [-0.05, 0) is 89.7 Å². The van der Waals surface area contributed by atoms with Gasteiger partial charge in [-0.2, -0.15) is 0 Å². The van der Waals surface area contributed by atoms with E-state index in [9.17, 15) is 17.6 Å². The molecule has 0 spiro atoms. The molecule has 0 aliphatic carbocycles. The fraction of sp³-hybridized carbons (Fsp3) is 0.172. The van der Waals surface area contributed by atoms with E-state index in [2.05, 4.69) is 11.8 Å². The molecule has 0 aliphatic heterocycles. The maximum atomic E-state index is 14.6. The molecule has 4 rings (SSSR count). The van der Waals surface area contributed by atoms with Gasteiger partial charge in [0.05, 0.1) is 12.2 Å². The Bertz CT molecular complexity index is 1360. The van der Waals surface area contributed by atoms with Crippen molar-refractivity contribution in [2.24, 2.45) is 0 Å². The van der Waals surface area contributed by atoms with Crippen LogP contribution in [0.4, 0.5) is 17.6 Å². The Hall–Kier alpha value is -3.78. The molecule has 5 heteroatoms. The van der Waals surface area contributed by atoms with E-state index in [0.717, 1.165) is 29.9 Å². The summed E-state index contributed by atoms with van der Waals surface area (Å²) in [7, 11) is 0. The minimum absolute atomic E-state index is 0.327. The van der Waals surface area contributed by atoms with Gasteiger partial charge < -0.3 is 4.74 Å². The number of fused-ring (bicyclic) bond motifs is 1. The summed E-state index contributed by atoms with van der Waals surface area (Å²) in [6.45, 7) is 2.70. The molecule has 0 heterocycles. The first kappa shape index (κ1) is 23.4. The van der Waals surface area contributed by atoms with E-state index in [4.69, 9.17) is 4.74 Å². The third kappa shape index (κ3) is 5.58. The lowest BCUT2D eigenvalue weighted by molar-refractivity contribution is 0.317. The van der Waals surface area contributed by atoms with Crippen LogP contribution in [0.15, 0.2) is 66.7 Å². The molecule has 0 fully saturated rings. The number of benzene rings is 4. The van der Waals surface area contributed by atoms with Gasteiger partial charge in [0.2, 0.25) is 0 Å². The highest BCUT2D eigenvalue weighted by Gasteiger charge is 2.10. The van der Waals surface area contributed by atoms with Crippen LogP contribution in [0.5, 0.6) is 5.75 Å². The third-order valence-corrected chi connectivity index (χ3v) is 5.41. The lowest BCUT2D eigenvalue weighted by Crippen LogP contribution is -1.98. The van der Waals surface area contributed by atoms with Crippen LogP contribution in [0, 0.1) is 35.1 Å². The molecule has 4 aromatic rings. The lowest BCUT2D eigenvalue weighted by Gasteiger charge is -2.07. The summed E-state index contributed by atoms with van der Waals surface area (Å²) in [4.78, 5) is 0. The number of ether oxygens (including phenoxy) is 1. The molecule has 0 saturated carbocycles. The molecular weight excluding hydrogens is 440 g/mol. The average Bonchev–Trinajstić information content (AvgIpc) is 2.82. The highest BCUT2D eigenvalue weighted by Crippen LogP contribution is 2.21. The summed E-state index contributed by atoms with van der Waals surface area (Å²) < 4.78 is 61.6. The van der Waals surface area contributed by atoms with Crippen molar-refractivity contribution in [3.8, 4) is 17.6 Å². The molecule has 4 aromatic carbocycles. The molecular formula is C29H22F4O. The predicted octanol–water partition coefficient (Wildman–Crippen LogP) is 7.37. The Morgan fingerprint density at radius 2 is 1.29 bits per heavy atom. The first-order chi connectivity index (χ1) is 16.4. The second-order valence-corrected chi connectivity index (χ2v) is 8.01. The average molecular weight is 462 g/mol. The van der Waals surface area contributed by atoms with E-state index in [-0.39, 0.29) is 5.56 Å². The fourth-order valence-electron chi connectivity index (χ4n) is 3.60. The lowest BCUT2D eigenvalue weighted by atomic mass is 10.0. The predicted molar refractivity (Wildman–Crippen MR) is 126 cm³/mol. The van der Waals surface area contributed by atoms with E-state index in [1.165, 1.54) is 12.1 Å². The van der Waals surface area contributed by atoms with E-state index in [1.807, 2.05) is 31.2 Å². The van der Waals surface area contributed by atoms with Crippen molar-refractivity contribution in [3.05, 3.63) is 112 Å². The van der Waals surface area contributed by atoms with Crippen LogP contribution >= 0.6 is 0 Å². The minimum Gasteiger partial charge on any atom is -0.494 e. The SMILES string of the molecule is CCCOc1ccc(CCc2cc(F)c(C#Cc3ccc4cc(F)c(F)cc4c3)c(F)c2)cc1. The molecule has 0 aliphatic rings. The molecule has 0 amide bonds. The van der Waals surface area contributed by atoms with Gasteiger partial charge in [-0.3, -0.25) is 0 Å². The van der Waals surface area contributed by atoms with Crippen LogP contribution < -0.4 is 4.74 Å². The molecule has 0 aromatic heterocycles. The molecule has 0 atom stereocenters. The highest BCUT2D eigenvalue weighted by atomic mass is 19.2. The van der Waals surface area contributed by atoms with Gasteiger partial charge in [0, 0.05) is 5.56 Å². The van der Waals surface area contributed by atoms with Crippen molar-refractivity contribution in [3.63, 3.8) is 0 Å². The summed E-state index contributed by atoms with van der Waals surface area (Å²) in [5.41, 5.74) is 1.69. The van der Waals surface area contributed by atoms with E-state index in [1.54, 1.807) is 18.2 Å². The van der Waals surface area contributed by atoms with E-state index in [0.29, 0.717) is 41.3 Å². The standard InChI is InChI=1S/C29H22F4O/c1-2-13-34-24-10-6-19(7-11-24)3-4-21-15-26(30)25(27(31)16-21)12-8-20-5-9-22-17-28(32)29(33)18-23(22)14-20/h5-7,9-11,14-18H,2-4,13H2,1H3. The third-order valence-electron chi connectivity index (χ3n) is 5.41. The molecule has 0 N–H and O–H groups in total. The largest absolute Gasteiger partial charge is 0.494 e. The zero-order valence-electron chi connectivity index (χ0n) is 18.6. The van der Waals surface area contributed by atoms with Gasteiger partial charge in [0.1, 0.15) is 17.4 Å². The van der Waals surface area contributed by atoms with Crippen LogP contribution in [0.2, 0.25) is 0 Å². The van der Waals surface area contributed by atoms with Crippen molar-refractivity contribution in [2.75, 3.05) is 6.61 Å². The van der Waals surface area contributed by atoms with Crippen molar-refractivity contribution in [1.29, 1.82) is 0 Å².